The standard InChI is InChI=1S/C15H15N3O2/c1-8-7-11-12(15(17-8)20-3)10-5-4-6-16-13(10)9(2)14(19)18-11/h4-7,9H,1-3H3,(H,18,19). The van der Waals surface area contributed by atoms with Crippen LogP contribution in [0.1, 0.15) is 24.2 Å². The molecule has 0 fully saturated rings. The number of carbonyl (C=O) groups is 1. The fraction of sp³-hybridized carbons (Fsp3) is 0.267. The summed E-state index contributed by atoms with van der Waals surface area (Å²) in [6.07, 6.45) is 1.70. The molecule has 1 atom stereocenters. The third kappa shape index (κ3) is 1.82. The number of ether oxygens (including phenoxy) is 1. The van der Waals surface area contributed by atoms with E-state index in [1.807, 2.05) is 32.0 Å². The highest BCUT2D eigenvalue weighted by molar-refractivity contribution is 6.03. The van der Waals surface area contributed by atoms with Crippen LogP contribution in [-0.4, -0.2) is 23.0 Å². The number of aryl methyl sites for hydroxylation is 1. The number of nitrogens with zero attached hydrogens (tertiary/aromatic N) is 2. The van der Waals surface area contributed by atoms with Gasteiger partial charge in [-0.05, 0) is 26.0 Å². The van der Waals surface area contributed by atoms with Crippen LogP contribution in [0.3, 0.4) is 0 Å². The normalized spacial score (nSPS) is 16.8. The number of pyridine rings is 2. The molecule has 2 aromatic rings. The van der Waals surface area contributed by atoms with Crippen molar-refractivity contribution in [2.24, 2.45) is 0 Å². The van der Waals surface area contributed by atoms with Gasteiger partial charge in [0.2, 0.25) is 11.8 Å². The fourth-order valence-corrected chi connectivity index (χ4v) is 2.49. The molecule has 0 saturated carbocycles. The average molecular weight is 269 g/mol. The Kier molecular flexibility index (Phi) is 2.89. The summed E-state index contributed by atoms with van der Waals surface area (Å²) in [5.41, 5.74) is 3.93. The monoisotopic (exact) mass is 269 g/mol. The van der Waals surface area contributed by atoms with Gasteiger partial charge in [0.05, 0.1) is 30.0 Å². The van der Waals surface area contributed by atoms with Gasteiger partial charge in [0, 0.05) is 17.5 Å². The van der Waals surface area contributed by atoms with Gasteiger partial charge in [-0.1, -0.05) is 6.07 Å². The van der Waals surface area contributed by atoms with E-state index < -0.39 is 0 Å². The predicted octanol–water partition coefficient (Wildman–Crippen LogP) is 2.52. The molecule has 0 spiro atoms. The first kappa shape index (κ1) is 12.6. The summed E-state index contributed by atoms with van der Waals surface area (Å²) < 4.78 is 5.39. The minimum absolute atomic E-state index is 0.0728. The van der Waals surface area contributed by atoms with Gasteiger partial charge in [-0.15, -0.1) is 0 Å². The van der Waals surface area contributed by atoms with Gasteiger partial charge in [-0.2, -0.15) is 0 Å². The molecule has 102 valence electrons. The van der Waals surface area contributed by atoms with Gasteiger partial charge in [-0.25, -0.2) is 4.98 Å². The van der Waals surface area contributed by atoms with Crippen molar-refractivity contribution in [3.8, 4) is 17.0 Å². The van der Waals surface area contributed by atoms with Crippen LogP contribution in [0, 0.1) is 6.92 Å². The van der Waals surface area contributed by atoms with E-state index in [-0.39, 0.29) is 11.8 Å². The Morgan fingerprint density at radius 2 is 2.20 bits per heavy atom. The first-order chi connectivity index (χ1) is 9.61. The molecule has 2 aromatic heterocycles. The molecule has 1 N–H and O–H groups in total. The third-order valence-electron chi connectivity index (χ3n) is 3.48. The first-order valence-corrected chi connectivity index (χ1v) is 6.43. The van der Waals surface area contributed by atoms with Gasteiger partial charge in [-0.3, -0.25) is 9.78 Å². The second-order valence-electron chi connectivity index (χ2n) is 4.84. The number of methoxy groups -OCH3 is 1. The molecule has 20 heavy (non-hydrogen) atoms. The SMILES string of the molecule is COc1nc(C)cc2c1-c1cccnc1C(C)C(=O)N2. The maximum absolute atomic E-state index is 12.2. The van der Waals surface area contributed by atoms with E-state index in [0.29, 0.717) is 5.88 Å². The first-order valence-electron chi connectivity index (χ1n) is 6.43. The van der Waals surface area contributed by atoms with Gasteiger partial charge in [0.25, 0.3) is 0 Å². The number of anilines is 1. The summed E-state index contributed by atoms with van der Waals surface area (Å²) in [4.78, 5) is 21.0. The van der Waals surface area contributed by atoms with E-state index in [9.17, 15) is 4.79 Å². The Morgan fingerprint density at radius 1 is 1.40 bits per heavy atom. The number of amides is 1. The largest absolute Gasteiger partial charge is 0.480 e. The number of rotatable bonds is 1. The third-order valence-corrected chi connectivity index (χ3v) is 3.48. The van der Waals surface area contributed by atoms with Crippen LogP contribution >= 0.6 is 0 Å². The van der Waals surface area contributed by atoms with Crippen molar-refractivity contribution in [3.05, 3.63) is 35.8 Å². The maximum atomic E-state index is 12.2. The van der Waals surface area contributed by atoms with Gasteiger partial charge in [0.15, 0.2) is 0 Å². The van der Waals surface area contributed by atoms with E-state index in [0.717, 1.165) is 28.2 Å². The number of carbonyl (C=O) groups excluding carboxylic acids is 1. The van der Waals surface area contributed by atoms with Crippen LogP contribution in [0.5, 0.6) is 5.88 Å². The molecule has 1 aliphatic rings. The van der Waals surface area contributed by atoms with Gasteiger partial charge < -0.3 is 10.1 Å². The van der Waals surface area contributed by atoms with Crippen molar-refractivity contribution in [2.75, 3.05) is 12.4 Å². The summed E-state index contributed by atoms with van der Waals surface area (Å²) in [5, 5.41) is 2.94. The lowest BCUT2D eigenvalue weighted by atomic mass is 9.98. The highest BCUT2D eigenvalue weighted by Gasteiger charge is 2.29. The Bertz CT molecular complexity index is 698. The maximum Gasteiger partial charge on any atom is 0.233 e. The zero-order chi connectivity index (χ0) is 14.3. The number of hydrogen-bond acceptors (Lipinski definition) is 4. The van der Waals surface area contributed by atoms with Crippen LogP contribution in [0.25, 0.3) is 11.1 Å². The molecular weight excluding hydrogens is 254 g/mol. The summed E-state index contributed by atoms with van der Waals surface area (Å²) in [7, 11) is 1.58. The average Bonchev–Trinajstić information content (AvgIpc) is 2.55. The van der Waals surface area contributed by atoms with Crippen LogP contribution in [0.2, 0.25) is 0 Å². The summed E-state index contributed by atoms with van der Waals surface area (Å²) >= 11 is 0. The molecule has 0 radical (unpaired) electrons. The van der Waals surface area contributed by atoms with E-state index >= 15 is 0 Å². The summed E-state index contributed by atoms with van der Waals surface area (Å²) in [5.74, 6) is 0.114. The number of fused-ring (bicyclic) bond motifs is 3. The summed E-state index contributed by atoms with van der Waals surface area (Å²) in [6, 6.07) is 5.65. The van der Waals surface area contributed by atoms with E-state index in [4.69, 9.17) is 4.74 Å². The molecule has 5 heteroatoms. The molecule has 3 heterocycles. The zero-order valence-corrected chi connectivity index (χ0v) is 11.6. The Morgan fingerprint density at radius 3 is 2.95 bits per heavy atom. The minimum Gasteiger partial charge on any atom is -0.480 e. The van der Waals surface area contributed by atoms with Crippen molar-refractivity contribution in [1.29, 1.82) is 0 Å². The molecule has 5 nitrogen and oxygen atoms in total. The highest BCUT2D eigenvalue weighted by atomic mass is 16.5. The highest BCUT2D eigenvalue weighted by Crippen LogP contribution is 2.41. The Hall–Kier alpha value is -2.43. The molecule has 0 saturated heterocycles. The van der Waals surface area contributed by atoms with Gasteiger partial charge >= 0.3 is 0 Å². The molecule has 0 aromatic carbocycles. The van der Waals surface area contributed by atoms with Crippen molar-refractivity contribution in [2.45, 2.75) is 19.8 Å². The Balaban J connectivity index is 2.37. The number of nitrogens with one attached hydrogen (secondary N) is 1. The molecule has 3 rings (SSSR count). The van der Waals surface area contributed by atoms with Crippen molar-refractivity contribution in [3.63, 3.8) is 0 Å². The van der Waals surface area contributed by atoms with E-state index in [2.05, 4.69) is 15.3 Å². The summed E-state index contributed by atoms with van der Waals surface area (Å²) in [6.45, 7) is 3.72. The smallest absolute Gasteiger partial charge is 0.233 e. The van der Waals surface area contributed by atoms with Crippen molar-refractivity contribution in [1.82, 2.24) is 9.97 Å². The molecule has 1 aliphatic heterocycles. The molecular formula is C15H15N3O2. The topological polar surface area (TPSA) is 64.1 Å². The van der Waals surface area contributed by atoms with Crippen LogP contribution in [0.15, 0.2) is 24.4 Å². The quantitative estimate of drug-likeness (QED) is 0.864. The molecule has 1 amide bonds. The Labute approximate surface area is 117 Å². The van der Waals surface area contributed by atoms with Crippen LogP contribution < -0.4 is 10.1 Å². The predicted molar refractivity (Wildman–Crippen MR) is 75.8 cm³/mol. The van der Waals surface area contributed by atoms with Crippen molar-refractivity contribution < 1.29 is 9.53 Å². The fourth-order valence-electron chi connectivity index (χ4n) is 2.49. The zero-order valence-electron chi connectivity index (χ0n) is 11.6. The lowest BCUT2D eigenvalue weighted by Crippen LogP contribution is -2.18. The van der Waals surface area contributed by atoms with Crippen LogP contribution in [-0.2, 0) is 4.79 Å². The lowest BCUT2D eigenvalue weighted by molar-refractivity contribution is -0.117. The molecule has 0 bridgehead atoms. The minimum atomic E-state index is -0.316. The second kappa shape index (κ2) is 4.59. The van der Waals surface area contributed by atoms with Crippen molar-refractivity contribution >= 4 is 11.6 Å². The number of aromatic nitrogens is 2. The number of hydrogen-bond donors (Lipinski definition) is 1. The second-order valence-corrected chi connectivity index (χ2v) is 4.84. The molecule has 0 aliphatic carbocycles. The van der Waals surface area contributed by atoms with Gasteiger partial charge in [0.1, 0.15) is 0 Å². The van der Waals surface area contributed by atoms with Crippen LogP contribution in [0.4, 0.5) is 5.69 Å². The lowest BCUT2D eigenvalue weighted by Gasteiger charge is -2.13. The van der Waals surface area contributed by atoms with E-state index in [1.54, 1.807) is 13.3 Å². The molecule has 1 unspecified atom stereocenters. The van der Waals surface area contributed by atoms with E-state index in [1.165, 1.54) is 0 Å².